The first-order valence-corrected chi connectivity index (χ1v) is 7.21. The van der Waals surface area contributed by atoms with Gasteiger partial charge < -0.3 is 10.1 Å². The summed E-state index contributed by atoms with van der Waals surface area (Å²) < 4.78 is 6.85. The van der Waals surface area contributed by atoms with Crippen molar-refractivity contribution in [2.45, 2.75) is 13.0 Å². The van der Waals surface area contributed by atoms with Gasteiger partial charge in [0, 0.05) is 12.6 Å². The molecule has 23 heavy (non-hydrogen) atoms. The second-order valence-corrected chi connectivity index (χ2v) is 5.47. The maximum absolute atomic E-state index is 8.91. The smallest absolute Gasteiger partial charge is 0.210 e. The Labute approximate surface area is 131 Å². The van der Waals surface area contributed by atoms with Crippen LogP contribution in [0.4, 0.5) is 11.6 Å². The number of nitriles is 1. The molecule has 0 bridgehead atoms. The summed E-state index contributed by atoms with van der Waals surface area (Å²) in [6.07, 6.45) is 4.24. The number of aromatic nitrogens is 6. The Bertz CT molecular complexity index is 892. The van der Waals surface area contributed by atoms with Crippen LogP contribution in [0.5, 0.6) is 5.88 Å². The first-order chi connectivity index (χ1) is 11.3. The molecule has 3 aromatic rings. The number of rotatable bonds is 5. The molecule has 3 heterocycles. The molecule has 1 saturated carbocycles. The van der Waals surface area contributed by atoms with Gasteiger partial charge in [-0.1, -0.05) is 0 Å². The zero-order valence-electron chi connectivity index (χ0n) is 12.4. The normalized spacial score (nSPS) is 19.5. The Balaban J connectivity index is 1.57. The maximum Gasteiger partial charge on any atom is 0.210 e. The molecule has 0 saturated heterocycles. The molecule has 9 nitrogen and oxygen atoms in total. The third kappa shape index (κ3) is 2.55. The second kappa shape index (κ2) is 5.24. The number of aromatic amines is 1. The average Bonchev–Trinajstić information content (AvgIpc) is 2.97. The monoisotopic (exact) mass is 310 g/mol. The molecular weight excluding hydrogens is 296 g/mol. The van der Waals surface area contributed by atoms with Gasteiger partial charge in [-0.3, -0.25) is 0 Å². The first-order valence-electron chi connectivity index (χ1n) is 7.21. The molecule has 3 aromatic heterocycles. The van der Waals surface area contributed by atoms with Crippen molar-refractivity contribution in [2.24, 2.45) is 11.8 Å². The van der Waals surface area contributed by atoms with Crippen LogP contribution in [-0.2, 0) is 6.54 Å². The van der Waals surface area contributed by atoms with Crippen molar-refractivity contribution in [1.29, 1.82) is 5.26 Å². The Morgan fingerprint density at radius 1 is 1.48 bits per heavy atom. The largest absolute Gasteiger partial charge is 0.481 e. The lowest BCUT2D eigenvalue weighted by molar-refractivity contribution is 0.397. The molecule has 0 radical (unpaired) electrons. The third-order valence-electron chi connectivity index (χ3n) is 3.87. The third-order valence-corrected chi connectivity index (χ3v) is 3.87. The number of nitrogens with one attached hydrogen (secondary N) is 2. The van der Waals surface area contributed by atoms with E-state index >= 15 is 0 Å². The van der Waals surface area contributed by atoms with Crippen LogP contribution in [0.2, 0.25) is 0 Å². The van der Waals surface area contributed by atoms with Crippen LogP contribution in [0, 0.1) is 23.2 Å². The van der Waals surface area contributed by atoms with Crippen molar-refractivity contribution in [3.05, 3.63) is 18.5 Å². The minimum absolute atomic E-state index is 0.139. The standard InChI is InChI=1S/C14H14N8O/c1-23-13-3-11(20-21-13)18-12-6-16-10-5-17-22(14(10)19-12)7-9-2-8(9)4-15/h3,5-6,8-9H,2,7H2,1H3,(H2,18,19,20,21)/t8?,9-/m0/s1. The Kier molecular flexibility index (Phi) is 3.08. The summed E-state index contributed by atoms with van der Waals surface area (Å²) in [6.45, 7) is 0.691. The van der Waals surface area contributed by atoms with E-state index in [1.165, 1.54) is 0 Å². The molecule has 0 aromatic carbocycles. The van der Waals surface area contributed by atoms with E-state index in [0.717, 1.165) is 11.9 Å². The molecule has 0 aliphatic heterocycles. The van der Waals surface area contributed by atoms with Gasteiger partial charge in [-0.15, -0.1) is 0 Å². The highest BCUT2D eigenvalue weighted by Crippen LogP contribution is 2.39. The molecule has 116 valence electrons. The molecule has 0 spiro atoms. The van der Waals surface area contributed by atoms with E-state index in [2.05, 4.69) is 36.7 Å². The zero-order valence-corrected chi connectivity index (χ0v) is 12.4. The van der Waals surface area contributed by atoms with Gasteiger partial charge in [0.2, 0.25) is 5.88 Å². The van der Waals surface area contributed by atoms with E-state index in [0.29, 0.717) is 35.6 Å². The molecule has 4 rings (SSSR count). The lowest BCUT2D eigenvalue weighted by atomic mass is 10.3. The second-order valence-electron chi connectivity index (χ2n) is 5.47. The van der Waals surface area contributed by atoms with Crippen molar-refractivity contribution >= 4 is 22.8 Å². The number of fused-ring (bicyclic) bond motifs is 1. The molecule has 9 heteroatoms. The minimum atomic E-state index is 0.139. The molecule has 1 aliphatic carbocycles. The fourth-order valence-electron chi connectivity index (χ4n) is 2.48. The topological polar surface area (TPSA) is 117 Å². The van der Waals surface area contributed by atoms with Crippen LogP contribution < -0.4 is 10.1 Å². The van der Waals surface area contributed by atoms with Gasteiger partial charge in [0.25, 0.3) is 0 Å². The Hall–Kier alpha value is -3.15. The summed E-state index contributed by atoms with van der Waals surface area (Å²) >= 11 is 0. The fourth-order valence-corrected chi connectivity index (χ4v) is 2.48. The van der Waals surface area contributed by atoms with Crippen LogP contribution >= 0.6 is 0 Å². The highest BCUT2D eigenvalue weighted by Gasteiger charge is 2.37. The SMILES string of the molecule is COc1cc(Nc2cnc3cnn(C[C@@H]4CC4C#N)c3n2)n[nH]1. The number of ether oxygens (including phenoxy) is 1. The lowest BCUT2D eigenvalue weighted by Gasteiger charge is -2.04. The maximum atomic E-state index is 8.91. The molecule has 1 unspecified atom stereocenters. The lowest BCUT2D eigenvalue weighted by Crippen LogP contribution is -2.05. The average molecular weight is 310 g/mol. The van der Waals surface area contributed by atoms with Crippen molar-refractivity contribution < 1.29 is 4.74 Å². The molecule has 1 fully saturated rings. The summed E-state index contributed by atoms with van der Waals surface area (Å²) in [7, 11) is 1.56. The quantitative estimate of drug-likeness (QED) is 0.732. The number of H-pyrrole nitrogens is 1. The predicted molar refractivity (Wildman–Crippen MR) is 81.0 cm³/mol. The van der Waals surface area contributed by atoms with Crippen LogP contribution in [0.25, 0.3) is 11.2 Å². The summed E-state index contributed by atoms with van der Waals surface area (Å²) in [5.41, 5.74) is 1.42. The van der Waals surface area contributed by atoms with Gasteiger partial charge in [0.15, 0.2) is 17.3 Å². The van der Waals surface area contributed by atoms with Crippen LogP contribution in [0.3, 0.4) is 0 Å². The molecule has 1 aliphatic rings. The number of nitrogens with zero attached hydrogens (tertiary/aromatic N) is 6. The van der Waals surface area contributed by atoms with E-state index in [4.69, 9.17) is 10.00 Å². The van der Waals surface area contributed by atoms with Gasteiger partial charge in [-0.2, -0.15) is 15.5 Å². The number of methoxy groups -OCH3 is 1. The van der Waals surface area contributed by atoms with E-state index in [-0.39, 0.29) is 5.92 Å². The fraction of sp³-hybridized carbons (Fsp3) is 0.357. The van der Waals surface area contributed by atoms with Crippen molar-refractivity contribution in [3.8, 4) is 11.9 Å². The Morgan fingerprint density at radius 2 is 2.39 bits per heavy atom. The van der Waals surface area contributed by atoms with Crippen LogP contribution in [-0.4, -0.2) is 37.1 Å². The number of anilines is 2. The van der Waals surface area contributed by atoms with Crippen LogP contribution in [0.1, 0.15) is 6.42 Å². The molecular formula is C14H14N8O. The molecule has 0 amide bonds. The van der Waals surface area contributed by atoms with Gasteiger partial charge in [-0.25, -0.2) is 19.7 Å². The Morgan fingerprint density at radius 3 is 3.13 bits per heavy atom. The van der Waals surface area contributed by atoms with Crippen LogP contribution in [0.15, 0.2) is 18.5 Å². The number of hydrogen-bond donors (Lipinski definition) is 2. The van der Waals surface area contributed by atoms with E-state index in [1.54, 1.807) is 30.3 Å². The van der Waals surface area contributed by atoms with Crippen molar-refractivity contribution in [1.82, 2.24) is 29.9 Å². The summed E-state index contributed by atoms with van der Waals surface area (Å²) in [4.78, 5) is 8.90. The number of hydrogen-bond acceptors (Lipinski definition) is 7. The summed E-state index contributed by atoms with van der Waals surface area (Å²) in [6, 6.07) is 4.02. The van der Waals surface area contributed by atoms with E-state index in [9.17, 15) is 0 Å². The van der Waals surface area contributed by atoms with E-state index in [1.807, 2.05) is 0 Å². The van der Waals surface area contributed by atoms with Crippen molar-refractivity contribution in [3.63, 3.8) is 0 Å². The summed E-state index contributed by atoms with van der Waals surface area (Å²) in [5.74, 6) is 2.22. The first kappa shape index (κ1) is 13.5. The highest BCUT2D eigenvalue weighted by atomic mass is 16.5. The van der Waals surface area contributed by atoms with E-state index < -0.39 is 0 Å². The van der Waals surface area contributed by atoms with Gasteiger partial charge >= 0.3 is 0 Å². The molecule has 2 N–H and O–H groups in total. The predicted octanol–water partition coefficient (Wildman–Crippen LogP) is 1.46. The zero-order chi connectivity index (χ0) is 15.8. The van der Waals surface area contributed by atoms with Gasteiger partial charge in [-0.05, 0) is 12.3 Å². The van der Waals surface area contributed by atoms with Gasteiger partial charge in [0.05, 0.1) is 31.5 Å². The summed E-state index contributed by atoms with van der Waals surface area (Å²) in [5, 5.41) is 23.1. The molecule has 2 atom stereocenters. The van der Waals surface area contributed by atoms with Crippen molar-refractivity contribution in [2.75, 3.05) is 12.4 Å². The minimum Gasteiger partial charge on any atom is -0.481 e. The highest BCUT2D eigenvalue weighted by molar-refractivity contribution is 5.71. The van der Waals surface area contributed by atoms with Gasteiger partial charge in [0.1, 0.15) is 5.52 Å².